The van der Waals surface area contributed by atoms with E-state index >= 15 is 0 Å². The van der Waals surface area contributed by atoms with Crippen LogP contribution >= 0.6 is 0 Å². The molecule has 1 unspecified atom stereocenters. The molecule has 0 spiro atoms. The number of cyclic esters (lactones) is 1. The molecule has 2 aromatic carbocycles. The highest BCUT2D eigenvalue weighted by Crippen LogP contribution is 2.51. The van der Waals surface area contributed by atoms with Gasteiger partial charge in [0.25, 0.3) is 0 Å². The zero-order valence-electron chi connectivity index (χ0n) is 15.7. The number of carbonyl (C=O) groups is 1. The molecule has 0 amide bonds. The Hall–Kier alpha value is -3.11. The van der Waals surface area contributed by atoms with Crippen LogP contribution in [0.25, 0.3) is 0 Å². The number of rotatable bonds is 4. The van der Waals surface area contributed by atoms with Crippen LogP contribution in [0.1, 0.15) is 38.7 Å². The smallest absolute Gasteiger partial charge is 0.416 e. The van der Waals surface area contributed by atoms with Crippen molar-refractivity contribution < 1.29 is 50.1 Å². The molecule has 0 saturated carbocycles. The van der Waals surface area contributed by atoms with Gasteiger partial charge in [0.05, 0.1) is 43.6 Å². The summed E-state index contributed by atoms with van der Waals surface area (Å²) in [5, 5.41) is 0. The highest BCUT2D eigenvalue weighted by Gasteiger charge is 2.42. The summed E-state index contributed by atoms with van der Waals surface area (Å²) >= 11 is 0. The lowest BCUT2D eigenvalue weighted by atomic mass is 9.94. The molecular formula is C19H14F6O5. The monoisotopic (exact) mass is 436 g/mol. The van der Waals surface area contributed by atoms with E-state index in [0.717, 1.165) is 0 Å². The lowest BCUT2D eigenvalue weighted by molar-refractivity contribution is -0.143. The lowest BCUT2D eigenvalue weighted by Crippen LogP contribution is -2.13. The SMILES string of the molecule is COc1cc2c(c(OC)c1OC)C(c1cc(C(F)(F)F)cc(C(F)(F)F)c1)OC2=O. The van der Waals surface area contributed by atoms with Crippen molar-refractivity contribution in [3.05, 3.63) is 52.1 Å². The second-order valence-electron chi connectivity index (χ2n) is 6.23. The van der Waals surface area contributed by atoms with Gasteiger partial charge in [-0.15, -0.1) is 0 Å². The van der Waals surface area contributed by atoms with Crippen LogP contribution in [-0.4, -0.2) is 27.3 Å². The van der Waals surface area contributed by atoms with Crippen molar-refractivity contribution >= 4 is 5.97 Å². The van der Waals surface area contributed by atoms with Gasteiger partial charge in [-0.25, -0.2) is 4.79 Å². The first-order chi connectivity index (χ1) is 13.9. The largest absolute Gasteiger partial charge is 0.493 e. The van der Waals surface area contributed by atoms with Crippen molar-refractivity contribution in [3.8, 4) is 17.2 Å². The molecule has 0 radical (unpaired) electrons. The van der Waals surface area contributed by atoms with Gasteiger partial charge in [0.15, 0.2) is 17.6 Å². The fraction of sp³-hybridized carbons (Fsp3) is 0.316. The van der Waals surface area contributed by atoms with E-state index in [4.69, 9.17) is 18.9 Å². The van der Waals surface area contributed by atoms with Gasteiger partial charge in [-0.1, -0.05) is 0 Å². The Kier molecular flexibility index (Phi) is 5.25. The maximum Gasteiger partial charge on any atom is 0.416 e. The van der Waals surface area contributed by atoms with Crippen molar-refractivity contribution in [1.29, 1.82) is 0 Å². The van der Waals surface area contributed by atoms with Crippen LogP contribution < -0.4 is 14.2 Å². The molecule has 1 aliphatic rings. The van der Waals surface area contributed by atoms with E-state index in [1.165, 1.54) is 27.4 Å². The third-order valence-electron chi connectivity index (χ3n) is 4.49. The number of halogens is 6. The molecule has 3 rings (SSSR count). The molecule has 0 saturated heterocycles. The molecule has 1 aliphatic heterocycles. The first-order valence-electron chi connectivity index (χ1n) is 8.25. The van der Waals surface area contributed by atoms with E-state index in [-0.39, 0.29) is 34.4 Å². The first kappa shape index (κ1) is 21.6. The van der Waals surface area contributed by atoms with Crippen LogP contribution in [0.4, 0.5) is 26.3 Å². The van der Waals surface area contributed by atoms with E-state index in [1.54, 1.807) is 0 Å². The summed E-state index contributed by atoms with van der Waals surface area (Å²) in [4.78, 5) is 12.3. The van der Waals surface area contributed by atoms with E-state index in [2.05, 4.69) is 0 Å². The lowest BCUT2D eigenvalue weighted by Gasteiger charge is -2.20. The molecular weight excluding hydrogens is 422 g/mol. The number of hydrogen-bond acceptors (Lipinski definition) is 5. The van der Waals surface area contributed by atoms with Crippen LogP contribution in [0.3, 0.4) is 0 Å². The minimum atomic E-state index is -5.05. The maximum atomic E-state index is 13.2. The third kappa shape index (κ3) is 3.59. The number of benzene rings is 2. The van der Waals surface area contributed by atoms with E-state index in [9.17, 15) is 31.1 Å². The highest BCUT2D eigenvalue weighted by molar-refractivity contribution is 5.97. The van der Waals surface area contributed by atoms with Gasteiger partial charge >= 0.3 is 18.3 Å². The zero-order chi connectivity index (χ0) is 22.4. The predicted octanol–water partition coefficient (Wildman–Crippen LogP) is 5.01. The number of fused-ring (bicyclic) bond motifs is 1. The topological polar surface area (TPSA) is 54.0 Å². The summed E-state index contributed by atoms with van der Waals surface area (Å²) in [6.07, 6.45) is -11.7. The van der Waals surface area contributed by atoms with Crippen LogP contribution in [0.2, 0.25) is 0 Å². The number of esters is 1. The summed E-state index contributed by atoms with van der Waals surface area (Å²) in [5.74, 6) is -0.982. The molecule has 0 bridgehead atoms. The molecule has 1 atom stereocenters. The fourth-order valence-electron chi connectivity index (χ4n) is 3.20. The summed E-state index contributed by atoms with van der Waals surface area (Å²) in [5.41, 5.74) is -3.77. The zero-order valence-corrected chi connectivity index (χ0v) is 15.7. The number of carbonyl (C=O) groups excluding carboxylic acids is 1. The maximum absolute atomic E-state index is 13.2. The quantitative estimate of drug-likeness (QED) is 0.498. The van der Waals surface area contributed by atoms with Crippen LogP contribution in [0.5, 0.6) is 17.2 Å². The Morgan fingerprint density at radius 3 is 1.77 bits per heavy atom. The molecule has 30 heavy (non-hydrogen) atoms. The molecule has 11 heteroatoms. The summed E-state index contributed by atoms with van der Waals surface area (Å²) in [7, 11) is 3.74. The minimum absolute atomic E-state index is 0.00470. The Balaban J connectivity index is 2.29. The van der Waals surface area contributed by atoms with Crippen molar-refractivity contribution in [2.24, 2.45) is 0 Å². The van der Waals surface area contributed by atoms with Crippen molar-refractivity contribution in [1.82, 2.24) is 0 Å². The standard InChI is InChI=1S/C19H14F6O5/c1-27-12-7-11-13(16(29-3)15(12)28-2)14(30-17(11)26)8-4-9(18(20,21)22)6-10(5-8)19(23,24)25/h4-7,14H,1-3H3. The Bertz CT molecular complexity index is 964. The average molecular weight is 436 g/mol. The van der Waals surface area contributed by atoms with Gasteiger partial charge in [0, 0.05) is 0 Å². The molecule has 1 heterocycles. The second kappa shape index (κ2) is 7.29. The normalized spacial score (nSPS) is 16.2. The molecule has 0 N–H and O–H groups in total. The van der Waals surface area contributed by atoms with Gasteiger partial charge in [-0.3, -0.25) is 0 Å². The Morgan fingerprint density at radius 1 is 0.800 bits per heavy atom. The van der Waals surface area contributed by atoms with Gasteiger partial charge < -0.3 is 18.9 Å². The van der Waals surface area contributed by atoms with Gasteiger partial charge in [-0.05, 0) is 29.8 Å². The van der Waals surface area contributed by atoms with E-state index in [0.29, 0.717) is 12.1 Å². The van der Waals surface area contributed by atoms with Crippen LogP contribution in [0, 0.1) is 0 Å². The second-order valence-corrected chi connectivity index (χ2v) is 6.23. The molecule has 0 fully saturated rings. The van der Waals surface area contributed by atoms with Crippen LogP contribution in [-0.2, 0) is 17.1 Å². The fourth-order valence-corrected chi connectivity index (χ4v) is 3.20. The number of alkyl halides is 6. The minimum Gasteiger partial charge on any atom is -0.493 e. The summed E-state index contributed by atoms with van der Waals surface area (Å²) in [6, 6.07) is 2.21. The summed E-state index contributed by atoms with van der Waals surface area (Å²) in [6.45, 7) is 0. The average Bonchev–Trinajstić information content (AvgIpc) is 3.01. The molecule has 5 nitrogen and oxygen atoms in total. The molecule has 0 aliphatic carbocycles. The summed E-state index contributed by atoms with van der Waals surface area (Å²) < 4.78 is 100.0. The first-order valence-corrected chi connectivity index (χ1v) is 8.25. The van der Waals surface area contributed by atoms with E-state index < -0.39 is 41.1 Å². The van der Waals surface area contributed by atoms with Gasteiger partial charge in [0.1, 0.15) is 0 Å². The number of methoxy groups -OCH3 is 3. The number of ether oxygens (including phenoxy) is 4. The van der Waals surface area contributed by atoms with Gasteiger partial charge in [0.2, 0.25) is 5.75 Å². The number of hydrogen-bond donors (Lipinski definition) is 0. The molecule has 162 valence electrons. The van der Waals surface area contributed by atoms with Crippen molar-refractivity contribution in [3.63, 3.8) is 0 Å². The molecule has 0 aromatic heterocycles. The van der Waals surface area contributed by atoms with Crippen LogP contribution in [0.15, 0.2) is 24.3 Å². The Labute approximate surface area is 166 Å². The van der Waals surface area contributed by atoms with E-state index in [1.807, 2.05) is 0 Å². The molecule has 2 aromatic rings. The predicted molar refractivity (Wildman–Crippen MR) is 89.8 cm³/mol. The highest BCUT2D eigenvalue weighted by atomic mass is 19.4. The van der Waals surface area contributed by atoms with Gasteiger partial charge in [-0.2, -0.15) is 26.3 Å². The Morgan fingerprint density at radius 2 is 1.33 bits per heavy atom. The van der Waals surface area contributed by atoms with Crippen molar-refractivity contribution in [2.75, 3.05) is 21.3 Å². The van der Waals surface area contributed by atoms with Crippen molar-refractivity contribution in [2.45, 2.75) is 18.5 Å². The third-order valence-corrected chi connectivity index (χ3v) is 4.49.